The van der Waals surface area contributed by atoms with E-state index in [9.17, 15) is 4.79 Å². The van der Waals surface area contributed by atoms with Crippen molar-refractivity contribution >= 4 is 17.2 Å². The largest absolute Gasteiger partial charge is 0.486 e. The van der Waals surface area contributed by atoms with Gasteiger partial charge >= 0.3 is 0 Å². The first-order valence-corrected chi connectivity index (χ1v) is 9.61. The molecule has 4 rings (SSSR count). The van der Waals surface area contributed by atoms with Gasteiger partial charge in [-0.3, -0.25) is 4.79 Å². The minimum atomic E-state index is 0.0940. The molecule has 5 nitrogen and oxygen atoms in total. The molecule has 1 amide bonds. The summed E-state index contributed by atoms with van der Waals surface area (Å²) in [5.41, 5.74) is 0.706. The van der Waals surface area contributed by atoms with Crippen LogP contribution in [0.5, 0.6) is 5.75 Å². The van der Waals surface area contributed by atoms with E-state index < -0.39 is 0 Å². The Kier molecular flexibility index (Phi) is 4.75. The number of hydrogen-bond acceptors (Lipinski definition) is 4. The van der Waals surface area contributed by atoms with Crippen molar-refractivity contribution < 1.29 is 9.53 Å². The van der Waals surface area contributed by atoms with Crippen LogP contribution in [-0.2, 0) is 20.2 Å². The van der Waals surface area contributed by atoms with Gasteiger partial charge in [0.2, 0.25) is 0 Å². The van der Waals surface area contributed by atoms with Crippen LogP contribution in [0.2, 0.25) is 0 Å². The van der Waals surface area contributed by atoms with E-state index in [1.165, 1.54) is 4.88 Å². The highest BCUT2D eigenvalue weighted by atomic mass is 32.1. The Bertz CT molecular complexity index is 867. The van der Waals surface area contributed by atoms with Gasteiger partial charge in [0, 0.05) is 35.9 Å². The number of aromatic nitrogens is 2. The summed E-state index contributed by atoms with van der Waals surface area (Å²) in [6.07, 6.45) is 5.84. The van der Waals surface area contributed by atoms with Crippen molar-refractivity contribution in [1.29, 1.82) is 0 Å². The molecular weight excluding hydrogens is 346 g/mol. The van der Waals surface area contributed by atoms with Crippen molar-refractivity contribution in [3.63, 3.8) is 0 Å². The van der Waals surface area contributed by atoms with Gasteiger partial charge in [-0.1, -0.05) is 6.07 Å². The van der Waals surface area contributed by atoms with E-state index >= 15 is 0 Å². The smallest absolute Gasteiger partial charge is 0.254 e. The standard InChI is InChI=1S/C20H21N3O2S/c1-22-11-10-21-19(22)14-25-17-8-4-15(5-9-17)20(24)23(16-6-7-16)13-18-3-2-12-26-18/h2-5,8-12,16H,6-7,13-14H2,1H3. The molecule has 26 heavy (non-hydrogen) atoms. The molecule has 0 bridgehead atoms. The molecule has 6 heteroatoms. The van der Waals surface area contributed by atoms with Gasteiger partial charge in [-0.25, -0.2) is 4.98 Å². The normalized spacial score (nSPS) is 13.6. The minimum absolute atomic E-state index is 0.0940. The fourth-order valence-electron chi connectivity index (χ4n) is 2.87. The van der Waals surface area contributed by atoms with Crippen molar-refractivity contribution in [3.8, 4) is 5.75 Å². The quantitative estimate of drug-likeness (QED) is 0.637. The monoisotopic (exact) mass is 367 g/mol. The molecule has 0 spiro atoms. The number of amides is 1. The number of rotatable bonds is 7. The molecule has 0 unspecified atom stereocenters. The molecule has 0 saturated heterocycles. The van der Waals surface area contributed by atoms with E-state index in [0.717, 1.165) is 24.4 Å². The molecule has 1 aromatic carbocycles. The zero-order valence-corrected chi connectivity index (χ0v) is 15.5. The molecule has 0 N–H and O–H groups in total. The van der Waals surface area contributed by atoms with Gasteiger partial charge in [-0.2, -0.15) is 0 Å². The number of benzene rings is 1. The molecular formula is C20H21N3O2S. The molecule has 1 fully saturated rings. The zero-order valence-electron chi connectivity index (χ0n) is 14.7. The summed E-state index contributed by atoms with van der Waals surface area (Å²) < 4.78 is 7.69. The van der Waals surface area contributed by atoms with Crippen LogP contribution in [0.4, 0.5) is 0 Å². The number of imidazole rings is 1. The Hall–Kier alpha value is -2.60. The lowest BCUT2D eigenvalue weighted by atomic mass is 10.2. The lowest BCUT2D eigenvalue weighted by Crippen LogP contribution is -2.32. The third kappa shape index (κ3) is 3.80. The van der Waals surface area contributed by atoms with E-state index in [-0.39, 0.29) is 5.91 Å². The first kappa shape index (κ1) is 16.8. The van der Waals surface area contributed by atoms with Crippen LogP contribution in [0.15, 0.2) is 54.2 Å². The number of carbonyl (C=O) groups excluding carboxylic acids is 1. The highest BCUT2D eigenvalue weighted by Gasteiger charge is 2.33. The van der Waals surface area contributed by atoms with E-state index in [0.29, 0.717) is 24.8 Å². The van der Waals surface area contributed by atoms with Crippen molar-refractivity contribution in [2.24, 2.45) is 7.05 Å². The summed E-state index contributed by atoms with van der Waals surface area (Å²) in [7, 11) is 1.94. The maximum absolute atomic E-state index is 12.9. The Morgan fingerprint density at radius 3 is 2.73 bits per heavy atom. The molecule has 134 valence electrons. The summed E-state index contributed by atoms with van der Waals surface area (Å²) >= 11 is 1.70. The predicted molar refractivity (Wildman–Crippen MR) is 101 cm³/mol. The SMILES string of the molecule is Cn1ccnc1COc1ccc(C(=O)N(Cc2cccs2)C2CC2)cc1. The Morgan fingerprint density at radius 2 is 2.12 bits per heavy atom. The molecule has 3 aromatic rings. The van der Waals surface area contributed by atoms with Crippen LogP contribution in [0, 0.1) is 0 Å². The molecule has 2 heterocycles. The second-order valence-electron chi connectivity index (χ2n) is 6.51. The highest BCUT2D eigenvalue weighted by molar-refractivity contribution is 7.09. The Balaban J connectivity index is 1.41. The average molecular weight is 367 g/mol. The summed E-state index contributed by atoms with van der Waals surface area (Å²) in [5.74, 6) is 1.69. The van der Waals surface area contributed by atoms with E-state index in [1.807, 2.05) is 53.0 Å². The van der Waals surface area contributed by atoms with Gasteiger partial charge in [-0.15, -0.1) is 11.3 Å². The first-order chi connectivity index (χ1) is 12.7. The number of ether oxygens (including phenoxy) is 1. The first-order valence-electron chi connectivity index (χ1n) is 8.73. The van der Waals surface area contributed by atoms with Crippen molar-refractivity contribution in [2.75, 3.05) is 0 Å². The molecule has 0 radical (unpaired) electrons. The third-order valence-electron chi connectivity index (χ3n) is 4.54. The topological polar surface area (TPSA) is 47.4 Å². The number of aryl methyl sites for hydroxylation is 1. The van der Waals surface area contributed by atoms with Crippen LogP contribution in [-0.4, -0.2) is 26.4 Å². The van der Waals surface area contributed by atoms with Gasteiger partial charge in [-0.05, 0) is 48.6 Å². The van der Waals surface area contributed by atoms with E-state index in [4.69, 9.17) is 4.74 Å². The summed E-state index contributed by atoms with van der Waals surface area (Å²) in [6, 6.07) is 11.9. The number of hydrogen-bond donors (Lipinski definition) is 0. The molecule has 1 aliphatic carbocycles. The Morgan fingerprint density at radius 1 is 1.31 bits per heavy atom. The second kappa shape index (κ2) is 7.33. The summed E-state index contributed by atoms with van der Waals surface area (Å²) in [6.45, 7) is 1.10. The predicted octanol–water partition coefficient (Wildman–Crippen LogP) is 3.87. The van der Waals surface area contributed by atoms with Crippen LogP contribution < -0.4 is 4.74 Å². The number of thiophene rings is 1. The summed E-state index contributed by atoms with van der Waals surface area (Å²) in [4.78, 5) is 20.4. The van der Waals surface area contributed by atoms with Crippen LogP contribution in [0.25, 0.3) is 0 Å². The molecule has 0 atom stereocenters. The lowest BCUT2D eigenvalue weighted by molar-refractivity contribution is 0.0731. The van der Waals surface area contributed by atoms with Gasteiger partial charge in [0.25, 0.3) is 5.91 Å². The zero-order chi connectivity index (χ0) is 17.9. The van der Waals surface area contributed by atoms with Crippen molar-refractivity contribution in [2.45, 2.75) is 32.0 Å². The third-order valence-corrected chi connectivity index (χ3v) is 5.41. The van der Waals surface area contributed by atoms with Gasteiger partial charge in [0.15, 0.2) is 0 Å². The average Bonchev–Trinajstić information content (AvgIpc) is 3.21. The maximum atomic E-state index is 12.9. The number of carbonyl (C=O) groups is 1. The van der Waals surface area contributed by atoms with Crippen LogP contribution in [0.1, 0.15) is 33.9 Å². The van der Waals surface area contributed by atoms with Crippen molar-refractivity contribution in [3.05, 3.63) is 70.4 Å². The lowest BCUT2D eigenvalue weighted by Gasteiger charge is -2.22. The van der Waals surface area contributed by atoms with E-state index in [2.05, 4.69) is 16.4 Å². The van der Waals surface area contributed by atoms with Crippen molar-refractivity contribution in [1.82, 2.24) is 14.5 Å². The molecule has 0 aliphatic heterocycles. The van der Waals surface area contributed by atoms with Gasteiger partial charge in [0.05, 0.1) is 6.54 Å². The minimum Gasteiger partial charge on any atom is -0.486 e. The molecule has 1 aliphatic rings. The fraction of sp³-hybridized carbons (Fsp3) is 0.300. The van der Waals surface area contributed by atoms with E-state index in [1.54, 1.807) is 17.5 Å². The highest BCUT2D eigenvalue weighted by Crippen LogP contribution is 2.31. The van der Waals surface area contributed by atoms with Crippen LogP contribution >= 0.6 is 11.3 Å². The molecule has 1 saturated carbocycles. The number of nitrogens with zero attached hydrogens (tertiary/aromatic N) is 3. The fourth-order valence-corrected chi connectivity index (χ4v) is 3.57. The second-order valence-corrected chi connectivity index (χ2v) is 7.54. The maximum Gasteiger partial charge on any atom is 0.254 e. The molecule has 2 aromatic heterocycles. The Labute approximate surface area is 156 Å². The van der Waals surface area contributed by atoms with Gasteiger partial charge < -0.3 is 14.2 Å². The van der Waals surface area contributed by atoms with Crippen LogP contribution in [0.3, 0.4) is 0 Å². The van der Waals surface area contributed by atoms with Gasteiger partial charge in [0.1, 0.15) is 18.2 Å². The summed E-state index contributed by atoms with van der Waals surface area (Å²) in [5, 5.41) is 2.05.